The average molecular weight is 184 g/mol. The molecule has 1 aromatic rings. The second-order valence-corrected chi connectivity index (χ2v) is 3.95. The third-order valence-electron chi connectivity index (χ3n) is 2.21. The minimum Gasteiger partial charge on any atom is -0.381 e. The van der Waals surface area contributed by atoms with Crippen molar-refractivity contribution in [1.82, 2.24) is 4.98 Å². The normalized spacial score (nSPS) is 25.9. The Hall–Kier alpha value is -0.450. The van der Waals surface area contributed by atoms with Crippen LogP contribution in [0.2, 0.25) is 0 Å². The molecule has 2 N–H and O–H groups in total. The maximum atomic E-state index is 6.01. The highest BCUT2D eigenvalue weighted by Gasteiger charge is 2.25. The molecule has 0 aromatic carbocycles. The second kappa shape index (κ2) is 3.51. The van der Waals surface area contributed by atoms with E-state index in [4.69, 9.17) is 10.5 Å². The molecule has 2 rings (SSSR count). The summed E-state index contributed by atoms with van der Waals surface area (Å²) in [6.07, 6.45) is 2.87. The van der Waals surface area contributed by atoms with Gasteiger partial charge in [-0.25, -0.2) is 4.98 Å². The van der Waals surface area contributed by atoms with Crippen molar-refractivity contribution < 1.29 is 4.74 Å². The molecule has 12 heavy (non-hydrogen) atoms. The van der Waals surface area contributed by atoms with Gasteiger partial charge in [0.25, 0.3) is 0 Å². The molecule has 2 atom stereocenters. The van der Waals surface area contributed by atoms with E-state index in [0.717, 1.165) is 24.6 Å². The van der Waals surface area contributed by atoms with Crippen LogP contribution in [0.3, 0.4) is 0 Å². The molecule has 2 unspecified atom stereocenters. The molecule has 0 saturated carbocycles. The molecule has 0 aliphatic carbocycles. The fraction of sp³-hybridized carbons (Fsp3) is 0.625. The third-order valence-corrected chi connectivity index (χ3v) is 3.09. The Morgan fingerprint density at radius 2 is 2.67 bits per heavy atom. The maximum absolute atomic E-state index is 6.01. The van der Waals surface area contributed by atoms with Gasteiger partial charge in [-0.05, 0) is 6.42 Å². The van der Waals surface area contributed by atoms with Crippen molar-refractivity contribution in [2.24, 2.45) is 11.7 Å². The number of thiazole rings is 1. The third kappa shape index (κ3) is 1.50. The molecular weight excluding hydrogens is 172 g/mol. The van der Waals surface area contributed by atoms with E-state index in [2.05, 4.69) is 4.98 Å². The lowest BCUT2D eigenvalue weighted by Crippen LogP contribution is -2.21. The highest BCUT2D eigenvalue weighted by Crippen LogP contribution is 2.27. The van der Waals surface area contributed by atoms with Crippen molar-refractivity contribution in [1.29, 1.82) is 0 Å². The van der Waals surface area contributed by atoms with Gasteiger partial charge in [-0.3, -0.25) is 0 Å². The highest BCUT2D eigenvalue weighted by molar-refractivity contribution is 7.09. The predicted octanol–water partition coefficient (Wildman–Crippen LogP) is 1.18. The van der Waals surface area contributed by atoms with Gasteiger partial charge in [-0.1, -0.05) is 0 Å². The SMILES string of the molecule is NC(c1nccs1)C1CCOC1. The standard InChI is InChI=1S/C8H12N2OS/c9-7(6-1-3-11-5-6)8-10-2-4-12-8/h2,4,6-7H,1,3,5,9H2. The van der Waals surface area contributed by atoms with Gasteiger partial charge in [-0.2, -0.15) is 0 Å². The van der Waals surface area contributed by atoms with Crippen LogP contribution in [0.4, 0.5) is 0 Å². The molecule has 3 nitrogen and oxygen atoms in total. The van der Waals surface area contributed by atoms with E-state index in [-0.39, 0.29) is 6.04 Å². The number of hydrogen-bond acceptors (Lipinski definition) is 4. The molecule has 1 saturated heterocycles. The summed E-state index contributed by atoms with van der Waals surface area (Å²) in [7, 11) is 0. The Balaban J connectivity index is 2.04. The summed E-state index contributed by atoms with van der Waals surface area (Å²) in [5.41, 5.74) is 6.01. The zero-order chi connectivity index (χ0) is 8.39. The zero-order valence-corrected chi connectivity index (χ0v) is 7.59. The van der Waals surface area contributed by atoms with E-state index in [1.165, 1.54) is 0 Å². The Morgan fingerprint density at radius 1 is 1.75 bits per heavy atom. The molecule has 0 spiro atoms. The highest BCUT2D eigenvalue weighted by atomic mass is 32.1. The monoisotopic (exact) mass is 184 g/mol. The number of aromatic nitrogens is 1. The number of ether oxygens (including phenoxy) is 1. The summed E-state index contributed by atoms with van der Waals surface area (Å²) in [5.74, 6) is 0.469. The van der Waals surface area contributed by atoms with Crippen LogP contribution in [-0.2, 0) is 4.74 Å². The topological polar surface area (TPSA) is 48.1 Å². The van der Waals surface area contributed by atoms with E-state index in [1.54, 1.807) is 17.5 Å². The van der Waals surface area contributed by atoms with Crippen LogP contribution in [0.25, 0.3) is 0 Å². The van der Waals surface area contributed by atoms with Crippen LogP contribution in [0.15, 0.2) is 11.6 Å². The van der Waals surface area contributed by atoms with Gasteiger partial charge in [0.15, 0.2) is 0 Å². The fourth-order valence-electron chi connectivity index (χ4n) is 1.44. The molecule has 1 fully saturated rings. The van der Waals surface area contributed by atoms with Crippen molar-refractivity contribution in [3.63, 3.8) is 0 Å². The lowest BCUT2D eigenvalue weighted by molar-refractivity contribution is 0.181. The first-order valence-corrected chi connectivity index (χ1v) is 4.98. The molecule has 1 aliphatic rings. The van der Waals surface area contributed by atoms with Crippen LogP contribution >= 0.6 is 11.3 Å². The molecule has 0 amide bonds. The van der Waals surface area contributed by atoms with Gasteiger partial charge in [0.2, 0.25) is 0 Å². The van der Waals surface area contributed by atoms with Crippen molar-refractivity contribution in [2.45, 2.75) is 12.5 Å². The van der Waals surface area contributed by atoms with Crippen LogP contribution in [-0.4, -0.2) is 18.2 Å². The Labute approximate surface area is 75.6 Å². The largest absolute Gasteiger partial charge is 0.381 e. The van der Waals surface area contributed by atoms with Crippen LogP contribution in [0.5, 0.6) is 0 Å². The zero-order valence-electron chi connectivity index (χ0n) is 6.77. The molecule has 1 aliphatic heterocycles. The molecule has 4 heteroatoms. The smallest absolute Gasteiger partial charge is 0.110 e. The van der Waals surface area contributed by atoms with E-state index >= 15 is 0 Å². The summed E-state index contributed by atoms with van der Waals surface area (Å²) in [4.78, 5) is 4.20. The number of hydrogen-bond donors (Lipinski definition) is 1. The lowest BCUT2D eigenvalue weighted by atomic mass is 10.0. The van der Waals surface area contributed by atoms with Crippen molar-refractivity contribution in [3.05, 3.63) is 16.6 Å². The molecule has 0 bridgehead atoms. The number of rotatable bonds is 2. The summed E-state index contributed by atoms with van der Waals surface area (Å²) in [6.45, 7) is 1.64. The van der Waals surface area contributed by atoms with Gasteiger partial charge >= 0.3 is 0 Å². The van der Waals surface area contributed by atoms with Crippen molar-refractivity contribution >= 4 is 11.3 Å². The Kier molecular flexibility index (Phi) is 2.39. The minimum absolute atomic E-state index is 0.0764. The maximum Gasteiger partial charge on any atom is 0.110 e. The molecule has 0 radical (unpaired) electrons. The number of nitrogens with two attached hydrogens (primary N) is 1. The van der Waals surface area contributed by atoms with Gasteiger partial charge in [0.1, 0.15) is 5.01 Å². The van der Waals surface area contributed by atoms with Crippen LogP contribution < -0.4 is 5.73 Å². The lowest BCUT2D eigenvalue weighted by Gasteiger charge is -2.13. The number of nitrogens with zero attached hydrogens (tertiary/aromatic N) is 1. The molecule has 2 heterocycles. The van der Waals surface area contributed by atoms with Crippen LogP contribution in [0, 0.1) is 5.92 Å². The first-order chi connectivity index (χ1) is 5.88. The first-order valence-electron chi connectivity index (χ1n) is 4.10. The summed E-state index contributed by atoms with van der Waals surface area (Å²) >= 11 is 1.63. The van der Waals surface area contributed by atoms with Gasteiger partial charge in [-0.15, -0.1) is 11.3 Å². The van der Waals surface area contributed by atoms with E-state index in [0.29, 0.717) is 5.92 Å². The van der Waals surface area contributed by atoms with Gasteiger partial charge in [0.05, 0.1) is 12.6 Å². The molecule has 1 aromatic heterocycles. The summed E-state index contributed by atoms with van der Waals surface area (Å²) in [6, 6.07) is 0.0764. The summed E-state index contributed by atoms with van der Waals surface area (Å²) < 4.78 is 5.27. The van der Waals surface area contributed by atoms with E-state index in [1.807, 2.05) is 5.38 Å². The van der Waals surface area contributed by atoms with E-state index in [9.17, 15) is 0 Å². The van der Waals surface area contributed by atoms with Crippen molar-refractivity contribution in [3.8, 4) is 0 Å². The molecular formula is C8H12N2OS. The van der Waals surface area contributed by atoms with Gasteiger partial charge < -0.3 is 10.5 Å². The summed E-state index contributed by atoms with van der Waals surface area (Å²) in [5, 5.41) is 3.00. The fourth-order valence-corrected chi connectivity index (χ4v) is 2.17. The Bertz CT molecular complexity index is 231. The average Bonchev–Trinajstić information content (AvgIpc) is 2.77. The minimum atomic E-state index is 0.0764. The predicted molar refractivity (Wildman–Crippen MR) is 48.0 cm³/mol. The quantitative estimate of drug-likeness (QED) is 0.750. The van der Waals surface area contributed by atoms with E-state index < -0.39 is 0 Å². The molecule has 66 valence electrons. The van der Waals surface area contributed by atoms with Gasteiger partial charge in [0, 0.05) is 24.1 Å². The van der Waals surface area contributed by atoms with Crippen LogP contribution in [0.1, 0.15) is 17.5 Å². The Morgan fingerprint density at radius 3 is 3.25 bits per heavy atom. The first kappa shape index (κ1) is 8.16. The van der Waals surface area contributed by atoms with Crippen molar-refractivity contribution in [2.75, 3.05) is 13.2 Å². The second-order valence-electron chi connectivity index (χ2n) is 3.02.